The van der Waals surface area contributed by atoms with Crippen molar-refractivity contribution in [1.82, 2.24) is 15.0 Å². The molecule has 0 aliphatic heterocycles. The van der Waals surface area contributed by atoms with Crippen molar-refractivity contribution in [2.75, 3.05) is 5.75 Å². The van der Waals surface area contributed by atoms with Crippen LogP contribution in [0.2, 0.25) is 0 Å². The molecule has 0 saturated carbocycles. The lowest BCUT2D eigenvalue weighted by Crippen LogP contribution is -2.24. The fraction of sp³-hybridized carbons (Fsp3) is 0.0435. The monoisotopic (exact) mass is 446 g/mol. The van der Waals surface area contributed by atoms with Gasteiger partial charge in [0.15, 0.2) is 5.16 Å². The van der Waals surface area contributed by atoms with Gasteiger partial charge in [-0.05, 0) is 36.4 Å². The molecule has 3 aromatic carbocycles. The molecule has 0 spiro atoms. The summed E-state index contributed by atoms with van der Waals surface area (Å²) >= 11 is 1.11. The number of para-hydroxylation sites is 2. The summed E-state index contributed by atoms with van der Waals surface area (Å²) < 4.78 is 1.48. The topological polar surface area (TPSA) is 117 Å². The highest BCUT2D eigenvalue weighted by Crippen LogP contribution is 2.22. The second-order valence-electron chi connectivity index (χ2n) is 6.71. The number of amides is 1. The van der Waals surface area contributed by atoms with Crippen molar-refractivity contribution >= 4 is 34.8 Å². The van der Waals surface area contributed by atoms with Crippen molar-refractivity contribution in [3.63, 3.8) is 0 Å². The molecule has 0 saturated heterocycles. The molecule has 1 heterocycles. The van der Waals surface area contributed by atoms with Gasteiger partial charge >= 0.3 is 0 Å². The molecule has 4 aromatic rings. The van der Waals surface area contributed by atoms with Crippen molar-refractivity contribution in [3.8, 4) is 17.2 Å². The van der Waals surface area contributed by atoms with Crippen LogP contribution < -0.4 is 11.0 Å². The van der Waals surface area contributed by atoms with Gasteiger partial charge in [0.05, 0.1) is 28.6 Å². The van der Waals surface area contributed by atoms with Crippen LogP contribution in [0.3, 0.4) is 0 Å². The number of aromatic hydroxyl groups is 2. The Balaban J connectivity index is 1.54. The molecule has 160 valence electrons. The van der Waals surface area contributed by atoms with Gasteiger partial charge in [-0.25, -0.2) is 10.4 Å². The van der Waals surface area contributed by atoms with Crippen LogP contribution in [0.1, 0.15) is 5.56 Å². The molecular weight excluding hydrogens is 428 g/mol. The van der Waals surface area contributed by atoms with E-state index in [1.54, 1.807) is 36.4 Å². The minimum Gasteiger partial charge on any atom is -0.508 e. The third kappa shape index (κ3) is 4.62. The molecule has 9 heteroatoms. The zero-order chi connectivity index (χ0) is 22.5. The predicted octanol–water partition coefficient (Wildman–Crippen LogP) is 3.04. The molecule has 0 bridgehead atoms. The molecule has 0 aliphatic carbocycles. The highest BCUT2D eigenvalue weighted by atomic mass is 32.2. The van der Waals surface area contributed by atoms with Crippen LogP contribution in [0.4, 0.5) is 0 Å². The average Bonchev–Trinajstić information content (AvgIpc) is 2.80. The minimum atomic E-state index is -0.411. The number of phenolic OH excluding ortho intramolecular Hbond substituents is 2. The van der Waals surface area contributed by atoms with E-state index < -0.39 is 5.91 Å². The van der Waals surface area contributed by atoms with Gasteiger partial charge in [-0.3, -0.25) is 14.2 Å². The first kappa shape index (κ1) is 21.1. The molecule has 4 rings (SSSR count). The molecule has 0 radical (unpaired) electrons. The molecular formula is C23H18N4O4S. The standard InChI is InChI=1S/C23H18N4O4S/c28-17-11-10-15(20(29)12-17)13-24-26-21(30)14-32-23-25-19-9-5-4-8-18(19)22(31)27(23)16-6-2-1-3-7-16/h1-13,28-29H,14H2,(H,26,30)/b24-13-. The summed E-state index contributed by atoms with van der Waals surface area (Å²) in [5.74, 6) is -0.681. The van der Waals surface area contributed by atoms with Gasteiger partial charge in [0, 0.05) is 11.6 Å². The highest BCUT2D eigenvalue weighted by Gasteiger charge is 2.14. The summed E-state index contributed by atoms with van der Waals surface area (Å²) in [4.78, 5) is 30.0. The lowest BCUT2D eigenvalue weighted by Gasteiger charge is -2.12. The summed E-state index contributed by atoms with van der Waals surface area (Å²) in [5, 5.41) is 23.8. The molecule has 1 aromatic heterocycles. The number of fused-ring (bicyclic) bond motifs is 1. The van der Waals surface area contributed by atoms with Gasteiger partial charge in [-0.1, -0.05) is 42.1 Å². The van der Waals surface area contributed by atoms with Crippen LogP contribution in [-0.2, 0) is 4.79 Å². The molecule has 32 heavy (non-hydrogen) atoms. The number of nitrogens with one attached hydrogen (secondary N) is 1. The van der Waals surface area contributed by atoms with E-state index in [-0.39, 0.29) is 22.8 Å². The van der Waals surface area contributed by atoms with E-state index in [1.807, 2.05) is 18.2 Å². The maximum atomic E-state index is 13.1. The number of thioether (sulfide) groups is 1. The van der Waals surface area contributed by atoms with Crippen LogP contribution in [0.15, 0.2) is 87.8 Å². The highest BCUT2D eigenvalue weighted by molar-refractivity contribution is 7.99. The SMILES string of the molecule is O=C(CSc1nc2ccccc2c(=O)n1-c1ccccc1)N/N=C\c1ccc(O)cc1O. The van der Waals surface area contributed by atoms with E-state index in [0.717, 1.165) is 11.8 Å². The Morgan fingerprint density at radius 2 is 1.81 bits per heavy atom. The Morgan fingerprint density at radius 3 is 2.59 bits per heavy atom. The molecule has 0 fully saturated rings. The first-order valence-corrected chi connectivity index (χ1v) is 10.6. The number of nitrogens with zero attached hydrogens (tertiary/aromatic N) is 3. The van der Waals surface area contributed by atoms with Crippen LogP contribution in [0.5, 0.6) is 11.5 Å². The summed E-state index contributed by atoms with van der Waals surface area (Å²) in [5.41, 5.74) is 3.70. The summed E-state index contributed by atoms with van der Waals surface area (Å²) in [6.45, 7) is 0. The fourth-order valence-corrected chi connectivity index (χ4v) is 3.80. The number of carbonyl (C=O) groups excluding carboxylic acids is 1. The lowest BCUT2D eigenvalue weighted by molar-refractivity contribution is -0.118. The van der Waals surface area contributed by atoms with Crippen LogP contribution in [0.25, 0.3) is 16.6 Å². The van der Waals surface area contributed by atoms with Crippen LogP contribution >= 0.6 is 11.8 Å². The number of benzene rings is 3. The largest absolute Gasteiger partial charge is 0.508 e. The van der Waals surface area contributed by atoms with Crippen molar-refractivity contribution in [3.05, 3.63) is 88.7 Å². The maximum absolute atomic E-state index is 13.1. The lowest BCUT2D eigenvalue weighted by atomic mass is 10.2. The Kier molecular flexibility index (Phi) is 6.18. The minimum absolute atomic E-state index is 0.0312. The first-order chi connectivity index (χ1) is 15.5. The number of rotatable bonds is 6. The number of carbonyl (C=O) groups is 1. The number of hydrazone groups is 1. The van der Waals surface area contributed by atoms with Gasteiger partial charge in [0.2, 0.25) is 0 Å². The second kappa shape index (κ2) is 9.36. The number of phenols is 2. The van der Waals surface area contributed by atoms with Crippen molar-refractivity contribution in [2.45, 2.75) is 5.16 Å². The van der Waals surface area contributed by atoms with Gasteiger partial charge < -0.3 is 10.2 Å². The molecule has 0 atom stereocenters. The maximum Gasteiger partial charge on any atom is 0.266 e. The quantitative estimate of drug-likeness (QED) is 0.181. The zero-order valence-electron chi connectivity index (χ0n) is 16.7. The van der Waals surface area contributed by atoms with Crippen LogP contribution in [-0.4, -0.2) is 37.6 Å². The Hall–Kier alpha value is -4.11. The number of hydrogen-bond acceptors (Lipinski definition) is 7. The number of hydrogen-bond donors (Lipinski definition) is 3. The van der Waals surface area contributed by atoms with Gasteiger partial charge in [0.25, 0.3) is 11.5 Å². The predicted molar refractivity (Wildman–Crippen MR) is 124 cm³/mol. The third-order valence-electron chi connectivity index (χ3n) is 4.50. The molecule has 3 N–H and O–H groups in total. The summed E-state index contributed by atoms with van der Waals surface area (Å²) in [6.07, 6.45) is 1.27. The Bertz CT molecular complexity index is 1370. The smallest absolute Gasteiger partial charge is 0.266 e. The van der Waals surface area contributed by atoms with Crippen molar-refractivity contribution in [1.29, 1.82) is 0 Å². The van der Waals surface area contributed by atoms with E-state index in [1.165, 1.54) is 29.0 Å². The number of aromatic nitrogens is 2. The van der Waals surface area contributed by atoms with E-state index in [4.69, 9.17) is 0 Å². The van der Waals surface area contributed by atoms with Gasteiger partial charge in [0.1, 0.15) is 11.5 Å². The first-order valence-electron chi connectivity index (χ1n) is 9.57. The second-order valence-corrected chi connectivity index (χ2v) is 7.66. The third-order valence-corrected chi connectivity index (χ3v) is 5.44. The normalized spacial score (nSPS) is 11.1. The molecule has 0 aliphatic rings. The van der Waals surface area contributed by atoms with E-state index in [9.17, 15) is 19.8 Å². The van der Waals surface area contributed by atoms with E-state index in [0.29, 0.717) is 27.3 Å². The summed E-state index contributed by atoms with van der Waals surface area (Å²) in [7, 11) is 0. The molecule has 1 amide bonds. The Morgan fingerprint density at radius 1 is 1.06 bits per heavy atom. The van der Waals surface area contributed by atoms with Crippen LogP contribution in [0, 0.1) is 0 Å². The fourth-order valence-electron chi connectivity index (χ4n) is 2.99. The van der Waals surface area contributed by atoms with Gasteiger partial charge in [-0.2, -0.15) is 5.10 Å². The average molecular weight is 446 g/mol. The van der Waals surface area contributed by atoms with Crippen molar-refractivity contribution < 1.29 is 15.0 Å². The van der Waals surface area contributed by atoms with E-state index in [2.05, 4.69) is 15.5 Å². The van der Waals surface area contributed by atoms with E-state index >= 15 is 0 Å². The van der Waals surface area contributed by atoms with Gasteiger partial charge in [-0.15, -0.1) is 0 Å². The zero-order valence-corrected chi connectivity index (χ0v) is 17.5. The molecule has 8 nitrogen and oxygen atoms in total. The summed E-state index contributed by atoms with van der Waals surface area (Å²) in [6, 6.07) is 20.2. The Labute approximate surface area is 186 Å². The molecule has 0 unspecified atom stereocenters. The van der Waals surface area contributed by atoms with Crippen molar-refractivity contribution in [2.24, 2.45) is 5.10 Å².